The number of thiophene rings is 1. The van der Waals surface area contributed by atoms with Gasteiger partial charge in [0, 0.05) is 19.1 Å². The molecule has 114 valence electrons. The first-order valence-electron chi connectivity index (χ1n) is 7.49. The van der Waals surface area contributed by atoms with E-state index in [0.717, 1.165) is 35.2 Å². The second-order valence-corrected chi connectivity index (χ2v) is 6.93. The third-order valence-electron chi connectivity index (χ3n) is 4.57. The smallest absolute Gasteiger partial charge is 0.266 e. The molecule has 0 aliphatic carbocycles. The minimum Gasteiger partial charge on any atom is -0.397 e. The normalized spacial score (nSPS) is 22.4. The summed E-state index contributed by atoms with van der Waals surface area (Å²) in [7, 11) is 1.90. The second-order valence-electron chi connectivity index (χ2n) is 5.93. The van der Waals surface area contributed by atoms with Crippen LogP contribution in [-0.4, -0.2) is 32.7 Å². The Labute approximate surface area is 128 Å². The molecule has 2 aromatic rings. The van der Waals surface area contributed by atoms with Crippen molar-refractivity contribution in [2.45, 2.75) is 52.1 Å². The quantitative estimate of drug-likeness (QED) is 0.928. The van der Waals surface area contributed by atoms with Crippen molar-refractivity contribution in [2.24, 2.45) is 7.05 Å². The first-order chi connectivity index (χ1) is 9.95. The lowest BCUT2D eigenvalue weighted by Crippen LogP contribution is -2.39. The van der Waals surface area contributed by atoms with Gasteiger partial charge in [0.15, 0.2) is 0 Å². The van der Waals surface area contributed by atoms with Crippen LogP contribution in [0.15, 0.2) is 0 Å². The van der Waals surface area contributed by atoms with Gasteiger partial charge in [-0.1, -0.05) is 6.92 Å². The van der Waals surface area contributed by atoms with Crippen LogP contribution < -0.4 is 5.73 Å². The number of nitrogens with two attached hydrogens (primary N) is 1. The van der Waals surface area contributed by atoms with Gasteiger partial charge in [-0.3, -0.25) is 9.48 Å². The van der Waals surface area contributed by atoms with Crippen molar-refractivity contribution in [1.29, 1.82) is 0 Å². The van der Waals surface area contributed by atoms with E-state index in [0.29, 0.717) is 22.6 Å². The molecule has 5 nitrogen and oxygen atoms in total. The summed E-state index contributed by atoms with van der Waals surface area (Å²) in [6.07, 6.45) is 3.17. The van der Waals surface area contributed by atoms with Gasteiger partial charge in [-0.15, -0.1) is 11.3 Å². The number of fused-ring (bicyclic) bond motifs is 1. The number of amides is 1. The fraction of sp³-hybridized carbons (Fsp3) is 0.600. The minimum absolute atomic E-state index is 0.0879. The Kier molecular flexibility index (Phi) is 3.43. The summed E-state index contributed by atoms with van der Waals surface area (Å²) in [5.74, 6) is 0.0879. The van der Waals surface area contributed by atoms with E-state index in [2.05, 4.69) is 18.9 Å². The number of aromatic nitrogens is 2. The molecule has 0 spiro atoms. The molecular formula is C15H22N4OS. The van der Waals surface area contributed by atoms with E-state index in [1.54, 1.807) is 0 Å². The van der Waals surface area contributed by atoms with E-state index in [4.69, 9.17) is 5.73 Å². The number of nitrogen functional groups attached to an aromatic ring is 1. The Hall–Kier alpha value is -1.56. The summed E-state index contributed by atoms with van der Waals surface area (Å²) in [4.78, 5) is 16.7. The highest BCUT2D eigenvalue weighted by Crippen LogP contribution is 2.38. The number of hydrogen-bond donors (Lipinski definition) is 1. The van der Waals surface area contributed by atoms with Crippen LogP contribution in [0.25, 0.3) is 10.2 Å². The number of carbonyl (C=O) groups is 1. The van der Waals surface area contributed by atoms with Gasteiger partial charge in [0.05, 0.1) is 16.8 Å². The molecule has 0 saturated carbocycles. The lowest BCUT2D eigenvalue weighted by molar-refractivity contribution is 0.0682. The summed E-state index contributed by atoms with van der Waals surface area (Å²) in [6, 6.07) is 0.641. The Morgan fingerprint density at radius 2 is 2.19 bits per heavy atom. The van der Waals surface area contributed by atoms with E-state index in [1.807, 2.05) is 23.6 Å². The molecule has 21 heavy (non-hydrogen) atoms. The predicted molar refractivity (Wildman–Crippen MR) is 86.7 cm³/mol. The minimum atomic E-state index is 0.0879. The SMILES string of the molecule is CCC1CCC(C)N1C(=O)c1sc2c(c(C)nn2C)c1N. The Morgan fingerprint density at radius 3 is 2.81 bits per heavy atom. The number of nitrogens with zero attached hydrogens (tertiary/aromatic N) is 3. The van der Waals surface area contributed by atoms with Gasteiger partial charge >= 0.3 is 0 Å². The van der Waals surface area contributed by atoms with Crippen molar-refractivity contribution in [3.05, 3.63) is 10.6 Å². The molecule has 1 amide bonds. The number of hydrogen-bond acceptors (Lipinski definition) is 4. The molecule has 1 aliphatic rings. The summed E-state index contributed by atoms with van der Waals surface area (Å²) < 4.78 is 1.81. The lowest BCUT2D eigenvalue weighted by atomic mass is 10.1. The molecule has 1 saturated heterocycles. The number of likely N-dealkylation sites (tertiary alicyclic amines) is 1. The van der Waals surface area contributed by atoms with Gasteiger partial charge in [-0.05, 0) is 33.1 Å². The van der Waals surface area contributed by atoms with Crippen LogP contribution in [0.4, 0.5) is 5.69 Å². The maximum absolute atomic E-state index is 13.0. The number of carbonyl (C=O) groups excluding carboxylic acids is 1. The average molecular weight is 306 g/mol. The zero-order valence-corrected chi connectivity index (χ0v) is 13.8. The summed E-state index contributed by atoms with van der Waals surface area (Å²) in [6.45, 7) is 6.21. The zero-order valence-electron chi connectivity index (χ0n) is 13.0. The maximum Gasteiger partial charge on any atom is 0.266 e. The highest BCUT2D eigenvalue weighted by Gasteiger charge is 2.35. The van der Waals surface area contributed by atoms with Crippen LogP contribution in [0, 0.1) is 6.92 Å². The van der Waals surface area contributed by atoms with E-state index < -0.39 is 0 Å². The Bertz CT molecular complexity index is 702. The van der Waals surface area contributed by atoms with E-state index in [1.165, 1.54) is 11.3 Å². The average Bonchev–Trinajstić information content (AvgIpc) is 3.06. The first kappa shape index (κ1) is 14.4. The third-order valence-corrected chi connectivity index (χ3v) is 5.83. The van der Waals surface area contributed by atoms with Gasteiger partial charge in [0.25, 0.3) is 5.91 Å². The molecule has 0 aromatic carbocycles. The second kappa shape index (κ2) is 5.02. The van der Waals surface area contributed by atoms with E-state index >= 15 is 0 Å². The molecule has 2 atom stereocenters. The van der Waals surface area contributed by atoms with Crippen LogP contribution in [0.3, 0.4) is 0 Å². The molecule has 3 rings (SSSR count). The molecule has 6 heteroatoms. The van der Waals surface area contributed by atoms with Gasteiger partial charge in [0.1, 0.15) is 9.71 Å². The summed E-state index contributed by atoms with van der Waals surface area (Å²) in [5, 5.41) is 5.31. The number of rotatable bonds is 2. The van der Waals surface area contributed by atoms with Crippen LogP contribution in [-0.2, 0) is 7.05 Å². The molecule has 2 N–H and O–H groups in total. The highest BCUT2D eigenvalue weighted by atomic mass is 32.1. The summed E-state index contributed by atoms with van der Waals surface area (Å²) >= 11 is 1.47. The molecule has 0 bridgehead atoms. The van der Waals surface area contributed by atoms with Crippen molar-refractivity contribution in [1.82, 2.24) is 14.7 Å². The molecule has 1 fully saturated rings. The zero-order chi connectivity index (χ0) is 15.3. The van der Waals surface area contributed by atoms with Crippen LogP contribution >= 0.6 is 11.3 Å². The maximum atomic E-state index is 13.0. The van der Waals surface area contributed by atoms with E-state index in [-0.39, 0.29) is 5.91 Å². The van der Waals surface area contributed by atoms with Crippen LogP contribution in [0.5, 0.6) is 0 Å². The highest BCUT2D eigenvalue weighted by molar-refractivity contribution is 7.21. The topological polar surface area (TPSA) is 64.2 Å². The van der Waals surface area contributed by atoms with Crippen molar-refractivity contribution < 1.29 is 4.79 Å². The number of aryl methyl sites for hydroxylation is 2. The van der Waals surface area contributed by atoms with E-state index in [9.17, 15) is 4.79 Å². The largest absolute Gasteiger partial charge is 0.397 e. The third kappa shape index (κ3) is 2.04. The van der Waals surface area contributed by atoms with Crippen molar-refractivity contribution >= 4 is 33.1 Å². The summed E-state index contributed by atoms with van der Waals surface area (Å²) in [5.41, 5.74) is 7.75. The van der Waals surface area contributed by atoms with Crippen LogP contribution in [0.1, 0.15) is 48.5 Å². The predicted octanol–water partition coefficient (Wildman–Crippen LogP) is 2.93. The van der Waals surface area contributed by atoms with Gasteiger partial charge < -0.3 is 10.6 Å². The molecule has 0 radical (unpaired) electrons. The Morgan fingerprint density at radius 1 is 1.48 bits per heavy atom. The standard InChI is InChI=1S/C15H22N4OS/c1-5-10-7-6-8(2)19(10)14(20)13-12(16)11-9(3)17-18(4)15(11)21-13/h8,10H,5-7,16H2,1-4H3. The number of anilines is 1. The molecule has 2 unspecified atom stereocenters. The van der Waals surface area contributed by atoms with Gasteiger partial charge in [-0.2, -0.15) is 5.10 Å². The molecule has 1 aliphatic heterocycles. The van der Waals surface area contributed by atoms with Crippen molar-refractivity contribution in [2.75, 3.05) is 5.73 Å². The first-order valence-corrected chi connectivity index (χ1v) is 8.31. The lowest BCUT2D eigenvalue weighted by Gasteiger charge is -2.27. The molecule has 2 aromatic heterocycles. The van der Waals surface area contributed by atoms with Crippen molar-refractivity contribution in [3.8, 4) is 0 Å². The van der Waals surface area contributed by atoms with Gasteiger partial charge in [0.2, 0.25) is 0 Å². The fourth-order valence-electron chi connectivity index (χ4n) is 3.44. The molecule has 3 heterocycles. The van der Waals surface area contributed by atoms with Gasteiger partial charge in [-0.25, -0.2) is 0 Å². The molecular weight excluding hydrogens is 284 g/mol. The Balaban J connectivity index is 2.06. The van der Waals surface area contributed by atoms with Crippen molar-refractivity contribution in [3.63, 3.8) is 0 Å². The fourth-order valence-corrected chi connectivity index (χ4v) is 4.57. The monoisotopic (exact) mass is 306 g/mol. The van der Waals surface area contributed by atoms with Crippen LogP contribution in [0.2, 0.25) is 0 Å².